The first kappa shape index (κ1) is 15.1. The fourth-order valence-corrected chi connectivity index (χ4v) is 2.18. The van der Waals surface area contributed by atoms with Crippen LogP contribution < -0.4 is 4.18 Å². The van der Waals surface area contributed by atoms with Crippen molar-refractivity contribution in [3.63, 3.8) is 0 Å². The first-order chi connectivity index (χ1) is 9.12. The van der Waals surface area contributed by atoms with Crippen LogP contribution in [0.4, 0.5) is 13.2 Å². The summed E-state index contributed by atoms with van der Waals surface area (Å²) in [5.41, 5.74) is -5.55. The monoisotopic (exact) mass is 345 g/mol. The average Bonchev–Trinajstić information content (AvgIpc) is 2.31. The Kier molecular flexibility index (Phi) is 3.74. The van der Waals surface area contributed by atoms with E-state index in [9.17, 15) is 21.6 Å². The lowest BCUT2D eigenvalue weighted by Crippen LogP contribution is -2.28. The van der Waals surface area contributed by atoms with Gasteiger partial charge in [-0.3, -0.25) is 0 Å². The molecule has 0 bridgehead atoms. The third-order valence-electron chi connectivity index (χ3n) is 2.24. The van der Waals surface area contributed by atoms with E-state index in [-0.39, 0.29) is 20.8 Å². The van der Waals surface area contributed by atoms with Gasteiger partial charge in [-0.25, -0.2) is 4.98 Å². The molecule has 0 unspecified atom stereocenters. The lowest BCUT2D eigenvalue weighted by atomic mass is 10.2. The number of rotatable bonds is 2. The molecule has 108 valence electrons. The Hall–Kier alpha value is -1.25. The summed E-state index contributed by atoms with van der Waals surface area (Å²) in [7, 11) is -5.80. The number of hydrogen-bond acceptors (Lipinski definition) is 4. The van der Waals surface area contributed by atoms with E-state index in [1.807, 2.05) is 0 Å². The SMILES string of the molecule is O=S(=O)(Oc1ncc(Cl)c2cc(Cl)ccc12)C(F)(F)F. The molecule has 0 amide bonds. The van der Waals surface area contributed by atoms with Crippen LogP contribution >= 0.6 is 23.2 Å². The second-order valence-electron chi connectivity index (χ2n) is 3.58. The van der Waals surface area contributed by atoms with Crippen LogP contribution in [0, 0.1) is 0 Å². The van der Waals surface area contributed by atoms with Crippen molar-refractivity contribution in [3.8, 4) is 5.88 Å². The van der Waals surface area contributed by atoms with Crippen molar-refractivity contribution < 1.29 is 25.8 Å². The van der Waals surface area contributed by atoms with Crippen LogP contribution in [0.15, 0.2) is 24.4 Å². The quantitative estimate of drug-likeness (QED) is 0.614. The van der Waals surface area contributed by atoms with Crippen LogP contribution in [-0.4, -0.2) is 18.9 Å². The van der Waals surface area contributed by atoms with Gasteiger partial charge < -0.3 is 4.18 Å². The molecule has 1 heterocycles. The van der Waals surface area contributed by atoms with E-state index in [0.717, 1.165) is 6.20 Å². The average molecular weight is 346 g/mol. The molecule has 1 aromatic carbocycles. The molecular formula is C10H4Cl2F3NO3S. The van der Waals surface area contributed by atoms with Gasteiger partial charge in [0, 0.05) is 15.8 Å². The summed E-state index contributed by atoms with van der Waals surface area (Å²) < 4.78 is 62.8. The highest BCUT2D eigenvalue weighted by Gasteiger charge is 2.49. The fourth-order valence-electron chi connectivity index (χ4n) is 1.37. The third-order valence-corrected chi connectivity index (χ3v) is 3.72. The molecule has 4 nitrogen and oxygen atoms in total. The van der Waals surface area contributed by atoms with Gasteiger partial charge in [-0.1, -0.05) is 23.2 Å². The second kappa shape index (κ2) is 4.94. The number of pyridine rings is 1. The number of hydrogen-bond donors (Lipinski definition) is 0. The van der Waals surface area contributed by atoms with Crippen molar-refractivity contribution in [2.24, 2.45) is 0 Å². The van der Waals surface area contributed by atoms with E-state index in [4.69, 9.17) is 23.2 Å². The van der Waals surface area contributed by atoms with Gasteiger partial charge in [0.25, 0.3) is 0 Å². The van der Waals surface area contributed by atoms with Crippen molar-refractivity contribution in [1.29, 1.82) is 0 Å². The highest BCUT2D eigenvalue weighted by molar-refractivity contribution is 7.88. The largest absolute Gasteiger partial charge is 0.534 e. The lowest BCUT2D eigenvalue weighted by molar-refractivity contribution is -0.0500. The van der Waals surface area contributed by atoms with Crippen LogP contribution in [0.25, 0.3) is 10.8 Å². The number of halogens is 5. The Morgan fingerprint density at radius 3 is 2.40 bits per heavy atom. The molecule has 0 saturated heterocycles. The standard InChI is InChI=1S/C10H4Cl2F3NO3S/c11-5-1-2-6-7(3-5)8(12)4-16-9(6)19-20(17,18)10(13,14)15/h1-4H. The first-order valence-electron chi connectivity index (χ1n) is 4.86. The smallest absolute Gasteiger partial charge is 0.355 e. The molecule has 0 N–H and O–H groups in total. The van der Waals surface area contributed by atoms with E-state index in [2.05, 4.69) is 9.17 Å². The highest BCUT2D eigenvalue weighted by Crippen LogP contribution is 2.34. The molecule has 2 aromatic rings. The molecule has 0 saturated carbocycles. The van der Waals surface area contributed by atoms with Gasteiger partial charge in [-0.15, -0.1) is 0 Å². The van der Waals surface area contributed by atoms with Gasteiger partial charge in [-0.2, -0.15) is 21.6 Å². The molecule has 0 aliphatic carbocycles. The maximum Gasteiger partial charge on any atom is 0.534 e. The lowest BCUT2D eigenvalue weighted by Gasteiger charge is -2.11. The normalized spacial score (nSPS) is 12.7. The molecule has 0 fully saturated rings. The van der Waals surface area contributed by atoms with Crippen molar-refractivity contribution in [1.82, 2.24) is 4.98 Å². The van der Waals surface area contributed by atoms with Crippen molar-refractivity contribution >= 4 is 44.1 Å². The fraction of sp³-hybridized carbons (Fsp3) is 0.100. The summed E-state index contributed by atoms with van der Waals surface area (Å²) in [6.45, 7) is 0. The Morgan fingerprint density at radius 2 is 1.80 bits per heavy atom. The summed E-state index contributed by atoms with van der Waals surface area (Å²) in [6.07, 6.45) is 0.974. The Bertz CT molecular complexity index is 777. The molecule has 10 heteroatoms. The van der Waals surface area contributed by atoms with Crippen LogP contribution in [0.5, 0.6) is 5.88 Å². The molecular weight excluding hydrogens is 342 g/mol. The Morgan fingerprint density at radius 1 is 1.15 bits per heavy atom. The van der Waals surface area contributed by atoms with Gasteiger partial charge in [-0.05, 0) is 18.2 Å². The van der Waals surface area contributed by atoms with Gasteiger partial charge in [0.1, 0.15) is 0 Å². The summed E-state index contributed by atoms with van der Waals surface area (Å²) in [4.78, 5) is 3.46. The van der Waals surface area contributed by atoms with E-state index >= 15 is 0 Å². The predicted molar refractivity (Wildman–Crippen MR) is 67.4 cm³/mol. The van der Waals surface area contributed by atoms with Gasteiger partial charge in [0.15, 0.2) is 0 Å². The molecule has 0 atom stereocenters. The van der Waals surface area contributed by atoms with Gasteiger partial charge in [0.05, 0.1) is 11.2 Å². The summed E-state index contributed by atoms with van der Waals surface area (Å²) in [6, 6.07) is 3.96. The zero-order chi connectivity index (χ0) is 15.1. The number of benzene rings is 1. The first-order valence-corrected chi connectivity index (χ1v) is 7.03. The minimum atomic E-state index is -5.80. The minimum Gasteiger partial charge on any atom is -0.355 e. The van der Waals surface area contributed by atoms with E-state index in [1.54, 1.807) is 0 Å². The minimum absolute atomic E-state index is 0.00488. The topological polar surface area (TPSA) is 56.3 Å². The molecule has 0 aliphatic heterocycles. The zero-order valence-electron chi connectivity index (χ0n) is 9.28. The summed E-state index contributed by atoms with van der Waals surface area (Å²) >= 11 is 11.5. The molecule has 0 radical (unpaired) electrons. The van der Waals surface area contributed by atoms with Crippen molar-refractivity contribution in [2.75, 3.05) is 0 Å². The number of fused-ring (bicyclic) bond motifs is 1. The number of nitrogens with zero attached hydrogens (tertiary/aromatic N) is 1. The Balaban J connectivity index is 2.60. The molecule has 0 spiro atoms. The Labute approximate surface area is 121 Å². The highest BCUT2D eigenvalue weighted by atomic mass is 35.5. The summed E-state index contributed by atoms with van der Waals surface area (Å²) in [5.74, 6) is -0.724. The number of alkyl halides is 3. The third kappa shape index (κ3) is 2.77. The molecule has 20 heavy (non-hydrogen) atoms. The van der Waals surface area contributed by atoms with Crippen LogP contribution in [-0.2, 0) is 10.1 Å². The van der Waals surface area contributed by atoms with Crippen molar-refractivity contribution in [2.45, 2.75) is 5.51 Å². The van der Waals surface area contributed by atoms with E-state index in [0.29, 0.717) is 0 Å². The van der Waals surface area contributed by atoms with Crippen molar-refractivity contribution in [3.05, 3.63) is 34.4 Å². The van der Waals surface area contributed by atoms with E-state index < -0.39 is 21.5 Å². The predicted octanol–water partition coefficient (Wildman–Crippen LogP) is 3.77. The second-order valence-corrected chi connectivity index (χ2v) is 5.97. The molecule has 0 aliphatic rings. The molecule has 1 aromatic heterocycles. The summed E-state index contributed by atoms with van der Waals surface area (Å²) in [5, 5.41) is 0.589. The van der Waals surface area contributed by atoms with Gasteiger partial charge in [0.2, 0.25) is 5.88 Å². The maximum absolute atomic E-state index is 12.3. The number of aromatic nitrogens is 1. The van der Waals surface area contributed by atoms with Crippen LogP contribution in [0.2, 0.25) is 10.0 Å². The maximum atomic E-state index is 12.3. The van der Waals surface area contributed by atoms with Crippen LogP contribution in [0.3, 0.4) is 0 Å². The zero-order valence-corrected chi connectivity index (χ0v) is 11.6. The van der Waals surface area contributed by atoms with Gasteiger partial charge >= 0.3 is 15.6 Å². The molecule has 2 rings (SSSR count). The van der Waals surface area contributed by atoms with E-state index in [1.165, 1.54) is 18.2 Å². The van der Waals surface area contributed by atoms with Crippen LogP contribution in [0.1, 0.15) is 0 Å².